The molecule has 2 rings (SSSR count). The lowest BCUT2D eigenvalue weighted by atomic mass is 10.1. The number of urea groups is 1. The molecule has 2 aliphatic heterocycles. The second-order valence-electron chi connectivity index (χ2n) is 5.58. The third-order valence-electron chi connectivity index (χ3n) is 4.06. The van der Waals surface area contributed by atoms with E-state index in [4.69, 9.17) is 0 Å². The van der Waals surface area contributed by atoms with Crippen molar-refractivity contribution in [2.75, 3.05) is 39.3 Å². The van der Waals surface area contributed by atoms with E-state index in [2.05, 4.69) is 17.6 Å². The van der Waals surface area contributed by atoms with Gasteiger partial charge in [0, 0.05) is 25.7 Å². The number of hydrogen-bond acceptors (Lipinski definition) is 3. The molecule has 0 aromatic heterocycles. The zero-order valence-corrected chi connectivity index (χ0v) is 12.4. The minimum absolute atomic E-state index is 0.0301. The third kappa shape index (κ3) is 3.85. The first-order valence-electron chi connectivity index (χ1n) is 7.75. The zero-order chi connectivity index (χ0) is 14.4. The predicted molar refractivity (Wildman–Crippen MR) is 77.5 cm³/mol. The Hall–Kier alpha value is -1.30. The molecule has 0 saturated carbocycles. The Kier molecular flexibility index (Phi) is 5.64. The summed E-state index contributed by atoms with van der Waals surface area (Å²) in [4.78, 5) is 27.7. The van der Waals surface area contributed by atoms with E-state index in [0.29, 0.717) is 19.1 Å². The Morgan fingerprint density at radius 1 is 1.35 bits per heavy atom. The van der Waals surface area contributed by atoms with Crippen LogP contribution in [0.1, 0.15) is 32.6 Å². The fourth-order valence-electron chi connectivity index (χ4n) is 2.84. The summed E-state index contributed by atoms with van der Waals surface area (Å²) >= 11 is 0. The Labute approximate surface area is 120 Å². The highest BCUT2D eigenvalue weighted by Gasteiger charge is 2.34. The number of nitrogens with one attached hydrogen (secondary N) is 2. The van der Waals surface area contributed by atoms with Crippen LogP contribution < -0.4 is 10.6 Å². The van der Waals surface area contributed by atoms with E-state index in [-0.39, 0.29) is 18.5 Å². The van der Waals surface area contributed by atoms with E-state index in [9.17, 15) is 9.59 Å². The molecule has 0 aromatic rings. The van der Waals surface area contributed by atoms with Gasteiger partial charge in [0.15, 0.2) is 0 Å². The molecule has 3 amide bonds. The van der Waals surface area contributed by atoms with Crippen molar-refractivity contribution in [1.82, 2.24) is 20.4 Å². The van der Waals surface area contributed by atoms with Crippen LogP contribution in [0.5, 0.6) is 0 Å². The van der Waals surface area contributed by atoms with Crippen LogP contribution in [0.3, 0.4) is 0 Å². The number of hydrogen-bond donors (Lipinski definition) is 2. The first kappa shape index (κ1) is 15.1. The highest BCUT2D eigenvalue weighted by molar-refractivity contribution is 5.85. The molecular weight excluding hydrogens is 256 g/mol. The minimum Gasteiger partial charge on any atom is -0.355 e. The summed E-state index contributed by atoms with van der Waals surface area (Å²) in [6.07, 6.45) is 4.08. The SMILES string of the molecule is CCCCNC(=O)CN1CCN(C2CCNCC2)C1=O. The highest BCUT2D eigenvalue weighted by Crippen LogP contribution is 2.18. The molecule has 2 aliphatic rings. The van der Waals surface area contributed by atoms with Crippen molar-refractivity contribution in [2.24, 2.45) is 0 Å². The number of unbranched alkanes of at least 4 members (excludes halogenated alkanes) is 1. The van der Waals surface area contributed by atoms with E-state index in [1.54, 1.807) is 4.90 Å². The van der Waals surface area contributed by atoms with Gasteiger partial charge in [-0.1, -0.05) is 13.3 Å². The van der Waals surface area contributed by atoms with Gasteiger partial charge in [0.1, 0.15) is 6.54 Å². The zero-order valence-electron chi connectivity index (χ0n) is 12.4. The average molecular weight is 282 g/mol. The molecule has 0 unspecified atom stereocenters. The summed E-state index contributed by atoms with van der Waals surface area (Å²) in [5.74, 6) is -0.0426. The number of carbonyl (C=O) groups is 2. The average Bonchev–Trinajstić information content (AvgIpc) is 2.81. The fourth-order valence-corrected chi connectivity index (χ4v) is 2.84. The monoisotopic (exact) mass is 282 g/mol. The number of piperidine rings is 1. The van der Waals surface area contributed by atoms with Crippen molar-refractivity contribution in [1.29, 1.82) is 0 Å². The number of carbonyl (C=O) groups excluding carboxylic acids is 2. The van der Waals surface area contributed by atoms with Crippen LogP contribution in [0, 0.1) is 0 Å². The highest BCUT2D eigenvalue weighted by atomic mass is 16.2. The van der Waals surface area contributed by atoms with Crippen LogP contribution in [0.25, 0.3) is 0 Å². The van der Waals surface area contributed by atoms with Gasteiger partial charge in [0.05, 0.1) is 0 Å². The van der Waals surface area contributed by atoms with Crippen molar-refractivity contribution >= 4 is 11.9 Å². The summed E-state index contributed by atoms with van der Waals surface area (Å²) in [5.41, 5.74) is 0. The lowest BCUT2D eigenvalue weighted by Gasteiger charge is -2.31. The lowest BCUT2D eigenvalue weighted by Crippen LogP contribution is -2.46. The van der Waals surface area contributed by atoms with Gasteiger partial charge in [-0.2, -0.15) is 0 Å². The van der Waals surface area contributed by atoms with Crippen LogP contribution in [0.2, 0.25) is 0 Å². The van der Waals surface area contributed by atoms with Crippen molar-refractivity contribution < 1.29 is 9.59 Å². The fraction of sp³-hybridized carbons (Fsp3) is 0.857. The van der Waals surface area contributed by atoms with E-state index < -0.39 is 0 Å². The quantitative estimate of drug-likeness (QED) is 0.693. The molecular formula is C14H26N4O2. The number of amides is 3. The summed E-state index contributed by atoms with van der Waals surface area (Å²) in [5, 5.41) is 6.17. The van der Waals surface area contributed by atoms with Gasteiger partial charge in [0.25, 0.3) is 0 Å². The summed E-state index contributed by atoms with van der Waals surface area (Å²) < 4.78 is 0. The molecule has 6 nitrogen and oxygen atoms in total. The van der Waals surface area contributed by atoms with Gasteiger partial charge in [-0.25, -0.2) is 4.79 Å². The maximum absolute atomic E-state index is 12.3. The molecule has 20 heavy (non-hydrogen) atoms. The standard InChI is InChI=1S/C14H26N4O2/c1-2-3-6-16-13(19)11-17-9-10-18(14(17)20)12-4-7-15-8-5-12/h12,15H,2-11H2,1H3,(H,16,19). The summed E-state index contributed by atoms with van der Waals surface area (Å²) in [6, 6.07) is 0.374. The maximum atomic E-state index is 12.3. The second-order valence-corrected chi connectivity index (χ2v) is 5.58. The Morgan fingerprint density at radius 3 is 2.80 bits per heavy atom. The molecule has 0 spiro atoms. The normalized spacial score (nSPS) is 20.6. The molecule has 0 bridgehead atoms. The van der Waals surface area contributed by atoms with Crippen LogP contribution in [0.4, 0.5) is 4.79 Å². The molecule has 2 heterocycles. The molecule has 0 aromatic carbocycles. The number of rotatable bonds is 6. The molecule has 0 aliphatic carbocycles. The van der Waals surface area contributed by atoms with Crippen LogP contribution in [0.15, 0.2) is 0 Å². The Bertz CT molecular complexity index is 342. The maximum Gasteiger partial charge on any atom is 0.320 e. The van der Waals surface area contributed by atoms with Crippen LogP contribution in [-0.2, 0) is 4.79 Å². The van der Waals surface area contributed by atoms with Gasteiger partial charge in [-0.3, -0.25) is 4.79 Å². The summed E-state index contributed by atoms with van der Waals surface area (Å²) in [7, 11) is 0. The van der Waals surface area contributed by atoms with Crippen LogP contribution >= 0.6 is 0 Å². The largest absolute Gasteiger partial charge is 0.355 e. The van der Waals surface area contributed by atoms with Crippen molar-refractivity contribution in [3.05, 3.63) is 0 Å². The van der Waals surface area contributed by atoms with Crippen molar-refractivity contribution in [3.8, 4) is 0 Å². The Balaban J connectivity index is 1.77. The van der Waals surface area contributed by atoms with E-state index >= 15 is 0 Å². The van der Waals surface area contributed by atoms with Crippen molar-refractivity contribution in [2.45, 2.75) is 38.6 Å². The minimum atomic E-state index is -0.0426. The predicted octanol–water partition coefficient (Wildman–Crippen LogP) is 0.392. The lowest BCUT2D eigenvalue weighted by molar-refractivity contribution is -0.121. The first-order valence-corrected chi connectivity index (χ1v) is 7.75. The molecule has 0 radical (unpaired) electrons. The number of nitrogens with zero attached hydrogens (tertiary/aromatic N) is 2. The second kappa shape index (κ2) is 7.47. The van der Waals surface area contributed by atoms with Gasteiger partial charge < -0.3 is 20.4 Å². The molecule has 2 N–H and O–H groups in total. The van der Waals surface area contributed by atoms with E-state index in [1.165, 1.54) is 0 Å². The van der Waals surface area contributed by atoms with Gasteiger partial charge in [-0.05, 0) is 32.4 Å². The van der Waals surface area contributed by atoms with E-state index in [1.807, 2.05) is 4.90 Å². The molecule has 2 saturated heterocycles. The van der Waals surface area contributed by atoms with Gasteiger partial charge >= 0.3 is 6.03 Å². The van der Waals surface area contributed by atoms with E-state index in [0.717, 1.165) is 45.3 Å². The molecule has 114 valence electrons. The Morgan fingerprint density at radius 2 is 2.10 bits per heavy atom. The summed E-state index contributed by atoms with van der Waals surface area (Å²) in [6.45, 7) is 6.38. The van der Waals surface area contributed by atoms with Gasteiger partial charge in [-0.15, -0.1) is 0 Å². The molecule has 0 atom stereocenters. The molecule has 2 fully saturated rings. The third-order valence-corrected chi connectivity index (χ3v) is 4.06. The van der Waals surface area contributed by atoms with Crippen molar-refractivity contribution in [3.63, 3.8) is 0 Å². The first-order chi connectivity index (χ1) is 9.72. The molecule has 6 heteroatoms. The topological polar surface area (TPSA) is 64.7 Å². The smallest absolute Gasteiger partial charge is 0.320 e. The van der Waals surface area contributed by atoms with Crippen LogP contribution in [-0.4, -0.2) is 67.0 Å². The van der Waals surface area contributed by atoms with Gasteiger partial charge in [0.2, 0.25) is 5.91 Å².